The van der Waals surface area contributed by atoms with Gasteiger partial charge < -0.3 is 14.9 Å². The van der Waals surface area contributed by atoms with Crippen molar-refractivity contribution in [2.75, 3.05) is 32.1 Å². The van der Waals surface area contributed by atoms with Crippen LogP contribution >= 0.6 is 0 Å². The Hall–Kier alpha value is -1.55. The number of aliphatic carboxylic acids is 1. The van der Waals surface area contributed by atoms with Crippen LogP contribution in [0.25, 0.3) is 0 Å². The van der Waals surface area contributed by atoms with E-state index in [1.54, 1.807) is 0 Å². The number of hydrogen-bond acceptors (Lipinski definition) is 3. The van der Waals surface area contributed by atoms with Crippen LogP contribution in [0, 0.1) is 0 Å². The summed E-state index contributed by atoms with van der Waals surface area (Å²) in [5, 5.41) is 8.68. The molecule has 2 rings (SSSR count). The molecular weight excluding hydrogens is 240 g/mol. The smallest absolute Gasteiger partial charge is 0.304 e. The second-order valence-electron chi connectivity index (χ2n) is 5.37. The van der Waals surface area contributed by atoms with E-state index in [0.29, 0.717) is 6.54 Å². The summed E-state index contributed by atoms with van der Waals surface area (Å²) in [6, 6.07) is 6.61. The average molecular weight is 262 g/mol. The largest absolute Gasteiger partial charge is 0.481 e. The van der Waals surface area contributed by atoms with E-state index in [-0.39, 0.29) is 6.42 Å². The summed E-state index contributed by atoms with van der Waals surface area (Å²) in [6.07, 6.45) is 2.55. The monoisotopic (exact) mass is 262 g/mol. The third-order valence-electron chi connectivity index (χ3n) is 3.65. The van der Waals surface area contributed by atoms with Gasteiger partial charge in [0.1, 0.15) is 0 Å². The lowest BCUT2D eigenvalue weighted by Crippen LogP contribution is -2.25. The van der Waals surface area contributed by atoms with Crippen LogP contribution in [0.2, 0.25) is 0 Å². The normalized spacial score (nSPS) is 14.6. The number of carbonyl (C=O) groups is 1. The van der Waals surface area contributed by atoms with Crippen LogP contribution < -0.4 is 4.90 Å². The molecule has 0 spiro atoms. The Morgan fingerprint density at radius 3 is 3.00 bits per heavy atom. The Bertz CT molecular complexity index is 459. The highest BCUT2D eigenvalue weighted by molar-refractivity contribution is 5.66. The lowest BCUT2D eigenvalue weighted by atomic mass is 9.99. The molecule has 1 aromatic carbocycles. The quantitative estimate of drug-likeness (QED) is 0.881. The SMILES string of the molecule is CN(CCC(=O)O)Cc1ccc2c(c1)CCCN2C. The minimum absolute atomic E-state index is 0.199. The first-order valence-corrected chi connectivity index (χ1v) is 6.79. The summed E-state index contributed by atoms with van der Waals surface area (Å²) in [5.74, 6) is -0.737. The van der Waals surface area contributed by atoms with Gasteiger partial charge in [-0.3, -0.25) is 4.79 Å². The van der Waals surface area contributed by atoms with E-state index in [9.17, 15) is 4.79 Å². The van der Waals surface area contributed by atoms with Gasteiger partial charge in [-0.1, -0.05) is 12.1 Å². The maximum absolute atomic E-state index is 10.6. The van der Waals surface area contributed by atoms with Crippen LogP contribution in [0.5, 0.6) is 0 Å². The summed E-state index contributed by atoms with van der Waals surface area (Å²) in [6.45, 7) is 2.53. The second kappa shape index (κ2) is 6.06. The minimum atomic E-state index is -0.737. The predicted molar refractivity (Wildman–Crippen MR) is 76.6 cm³/mol. The average Bonchev–Trinajstić information content (AvgIpc) is 2.36. The molecule has 1 aromatic rings. The fraction of sp³-hybridized carbons (Fsp3) is 0.533. The van der Waals surface area contributed by atoms with Crippen LogP contribution in [0.3, 0.4) is 0 Å². The van der Waals surface area contributed by atoms with Crippen LogP contribution in [-0.4, -0.2) is 43.2 Å². The van der Waals surface area contributed by atoms with Crippen molar-refractivity contribution < 1.29 is 9.90 Å². The zero-order valence-corrected chi connectivity index (χ0v) is 11.7. The van der Waals surface area contributed by atoms with Gasteiger partial charge in [0.05, 0.1) is 6.42 Å². The predicted octanol–water partition coefficient (Wildman–Crippen LogP) is 1.98. The van der Waals surface area contributed by atoms with Gasteiger partial charge in [-0.25, -0.2) is 0 Å². The zero-order valence-electron chi connectivity index (χ0n) is 11.7. The van der Waals surface area contributed by atoms with Gasteiger partial charge in [0.25, 0.3) is 0 Å². The number of carboxylic acid groups (broad SMARTS) is 1. The number of anilines is 1. The molecule has 0 unspecified atom stereocenters. The van der Waals surface area contributed by atoms with Crippen LogP contribution in [0.1, 0.15) is 24.0 Å². The molecule has 1 aliphatic heterocycles. The summed E-state index contributed by atoms with van der Waals surface area (Å²) in [5.41, 5.74) is 4.02. The van der Waals surface area contributed by atoms with Crippen molar-refractivity contribution in [3.8, 4) is 0 Å². The highest BCUT2D eigenvalue weighted by Gasteiger charge is 2.14. The Morgan fingerprint density at radius 1 is 1.47 bits per heavy atom. The van der Waals surface area contributed by atoms with E-state index in [4.69, 9.17) is 5.11 Å². The van der Waals surface area contributed by atoms with Gasteiger partial charge in [-0.2, -0.15) is 0 Å². The van der Waals surface area contributed by atoms with E-state index >= 15 is 0 Å². The third-order valence-corrected chi connectivity index (χ3v) is 3.65. The summed E-state index contributed by atoms with van der Waals surface area (Å²) in [4.78, 5) is 14.9. The standard InChI is InChI=1S/C15H22N2O2/c1-16(9-7-15(18)19)11-12-5-6-14-13(10-12)4-3-8-17(14)2/h5-6,10H,3-4,7-9,11H2,1-2H3,(H,18,19). The van der Waals surface area contributed by atoms with Gasteiger partial charge in [-0.05, 0) is 37.1 Å². The molecule has 0 saturated carbocycles. The Kier molecular flexibility index (Phi) is 4.43. The van der Waals surface area contributed by atoms with Crippen molar-refractivity contribution in [2.24, 2.45) is 0 Å². The van der Waals surface area contributed by atoms with Crippen molar-refractivity contribution in [2.45, 2.75) is 25.8 Å². The molecule has 0 radical (unpaired) electrons. The molecule has 4 nitrogen and oxygen atoms in total. The summed E-state index contributed by atoms with van der Waals surface area (Å²) in [7, 11) is 4.10. The fourth-order valence-electron chi connectivity index (χ4n) is 2.61. The minimum Gasteiger partial charge on any atom is -0.481 e. The van der Waals surface area contributed by atoms with Gasteiger partial charge in [0.2, 0.25) is 0 Å². The number of fused-ring (bicyclic) bond motifs is 1. The zero-order chi connectivity index (χ0) is 13.8. The van der Waals surface area contributed by atoms with Crippen LogP contribution in [0.4, 0.5) is 5.69 Å². The van der Waals surface area contributed by atoms with Crippen molar-refractivity contribution >= 4 is 11.7 Å². The Balaban J connectivity index is 2.00. The molecule has 19 heavy (non-hydrogen) atoms. The van der Waals surface area contributed by atoms with E-state index in [1.165, 1.54) is 23.2 Å². The van der Waals surface area contributed by atoms with Crippen molar-refractivity contribution in [1.29, 1.82) is 0 Å². The van der Waals surface area contributed by atoms with Gasteiger partial charge in [-0.15, -0.1) is 0 Å². The fourth-order valence-corrected chi connectivity index (χ4v) is 2.61. The maximum Gasteiger partial charge on any atom is 0.304 e. The van der Waals surface area contributed by atoms with Crippen LogP contribution in [-0.2, 0) is 17.8 Å². The first kappa shape index (κ1) is 13.9. The van der Waals surface area contributed by atoms with E-state index in [0.717, 1.165) is 19.5 Å². The molecule has 1 heterocycles. The van der Waals surface area contributed by atoms with Crippen molar-refractivity contribution in [3.63, 3.8) is 0 Å². The molecule has 1 N–H and O–H groups in total. The highest BCUT2D eigenvalue weighted by Crippen LogP contribution is 2.27. The van der Waals surface area contributed by atoms with Gasteiger partial charge in [0, 0.05) is 32.4 Å². The Morgan fingerprint density at radius 2 is 2.26 bits per heavy atom. The number of nitrogens with zero attached hydrogens (tertiary/aromatic N) is 2. The Labute approximate surface area is 114 Å². The molecule has 104 valence electrons. The molecule has 1 aliphatic rings. The van der Waals surface area contributed by atoms with Crippen LogP contribution in [0.15, 0.2) is 18.2 Å². The second-order valence-corrected chi connectivity index (χ2v) is 5.37. The molecule has 0 fully saturated rings. The molecule has 0 bridgehead atoms. The van der Waals surface area contributed by atoms with Gasteiger partial charge >= 0.3 is 5.97 Å². The number of rotatable bonds is 5. The van der Waals surface area contributed by atoms with Crippen molar-refractivity contribution in [1.82, 2.24) is 4.90 Å². The first-order chi connectivity index (χ1) is 9.06. The third kappa shape index (κ3) is 3.70. The van der Waals surface area contributed by atoms with Gasteiger partial charge in [0.15, 0.2) is 0 Å². The summed E-state index contributed by atoms with van der Waals surface area (Å²) >= 11 is 0. The van der Waals surface area contributed by atoms with Crippen molar-refractivity contribution in [3.05, 3.63) is 29.3 Å². The number of benzene rings is 1. The number of aryl methyl sites for hydroxylation is 1. The topological polar surface area (TPSA) is 43.8 Å². The molecular formula is C15H22N2O2. The van der Waals surface area contributed by atoms with E-state index in [1.807, 2.05) is 7.05 Å². The van der Waals surface area contributed by atoms with E-state index in [2.05, 4.69) is 35.0 Å². The number of hydrogen-bond donors (Lipinski definition) is 1. The maximum atomic E-state index is 10.6. The molecule has 0 amide bonds. The molecule has 0 aliphatic carbocycles. The number of carboxylic acids is 1. The first-order valence-electron chi connectivity index (χ1n) is 6.79. The molecule has 0 saturated heterocycles. The lowest BCUT2D eigenvalue weighted by Gasteiger charge is -2.28. The molecule has 0 aromatic heterocycles. The molecule has 4 heteroatoms. The summed E-state index contributed by atoms with van der Waals surface area (Å²) < 4.78 is 0. The molecule has 0 atom stereocenters. The van der Waals surface area contributed by atoms with E-state index < -0.39 is 5.97 Å². The lowest BCUT2D eigenvalue weighted by molar-refractivity contribution is -0.137. The highest BCUT2D eigenvalue weighted by atomic mass is 16.4.